The second kappa shape index (κ2) is 8.66. The lowest BCUT2D eigenvalue weighted by molar-refractivity contribution is 0.439. The van der Waals surface area contributed by atoms with Gasteiger partial charge in [0.15, 0.2) is 11.6 Å². The molecule has 0 bridgehead atoms. The fraction of sp³-hybridized carbons (Fsp3) is 0.0500. The van der Waals surface area contributed by atoms with Crippen LogP contribution < -0.4 is 21.8 Å². The number of para-hydroxylation sites is 1. The molecule has 0 saturated heterocycles. The van der Waals surface area contributed by atoms with Crippen LogP contribution in [0.5, 0.6) is 11.5 Å². The molecule has 2 aromatic carbocycles. The van der Waals surface area contributed by atoms with Crippen LogP contribution in [-0.4, -0.2) is 4.57 Å². The zero-order valence-electron chi connectivity index (χ0n) is 14.7. The highest BCUT2D eigenvalue weighted by molar-refractivity contribution is 5.72. The minimum absolute atomic E-state index is 0.0952. The number of nitrogens with zero attached hydrogens (tertiary/aromatic N) is 1. The summed E-state index contributed by atoms with van der Waals surface area (Å²) in [7, 11) is 1.59. The van der Waals surface area contributed by atoms with Crippen molar-refractivity contribution in [3.05, 3.63) is 89.5 Å². The van der Waals surface area contributed by atoms with Crippen LogP contribution in [0.3, 0.4) is 0 Å². The van der Waals surface area contributed by atoms with E-state index in [1.54, 1.807) is 37.5 Å². The van der Waals surface area contributed by atoms with E-state index in [1.165, 1.54) is 22.9 Å². The molecule has 3 aromatic rings. The molecule has 0 aliphatic heterocycles. The van der Waals surface area contributed by atoms with Crippen molar-refractivity contribution in [3.8, 4) is 22.6 Å². The smallest absolute Gasteiger partial charge is 0.273 e. The Morgan fingerprint density at radius 2 is 1.78 bits per heavy atom. The summed E-state index contributed by atoms with van der Waals surface area (Å²) in [5.41, 5.74) is 11.4. The van der Waals surface area contributed by atoms with E-state index in [2.05, 4.69) is 12.3 Å². The fourth-order valence-electron chi connectivity index (χ4n) is 2.36. The molecule has 0 aliphatic rings. The first-order valence-electron chi connectivity index (χ1n) is 7.88. The molecule has 7 heteroatoms. The van der Waals surface area contributed by atoms with Crippen LogP contribution in [-0.2, 0) is 7.05 Å². The third-order valence-electron chi connectivity index (χ3n) is 3.52. The van der Waals surface area contributed by atoms with E-state index in [0.29, 0.717) is 16.9 Å². The lowest BCUT2D eigenvalue weighted by Crippen LogP contribution is -2.19. The molecular weight excluding hydrogens is 352 g/mol. The van der Waals surface area contributed by atoms with Crippen LogP contribution in [0.15, 0.2) is 72.3 Å². The molecule has 0 aliphatic carbocycles. The number of aromatic nitrogens is 1. The molecule has 3 rings (SSSR count). The molecule has 1 heterocycles. The van der Waals surface area contributed by atoms with Crippen molar-refractivity contribution >= 4 is 5.69 Å². The monoisotopic (exact) mass is 371 g/mol. The predicted octanol–water partition coefficient (Wildman–Crippen LogP) is 3.79. The second-order valence-electron chi connectivity index (χ2n) is 5.51. The molecular formula is C20H19F2N3O2. The Hall–Kier alpha value is -3.61. The van der Waals surface area contributed by atoms with E-state index in [1.807, 2.05) is 0 Å². The molecule has 5 nitrogen and oxygen atoms in total. The Bertz CT molecular complexity index is 990. The zero-order chi connectivity index (χ0) is 20.0. The van der Waals surface area contributed by atoms with Gasteiger partial charge in [0.1, 0.15) is 11.6 Å². The molecule has 27 heavy (non-hydrogen) atoms. The summed E-state index contributed by atoms with van der Waals surface area (Å²) in [5.74, 6) is -1.22. The summed E-state index contributed by atoms with van der Waals surface area (Å²) in [6.45, 7) is 3.14. The van der Waals surface area contributed by atoms with Gasteiger partial charge < -0.3 is 20.8 Å². The predicted molar refractivity (Wildman–Crippen MR) is 102 cm³/mol. The molecule has 4 N–H and O–H groups in total. The lowest BCUT2D eigenvalue weighted by Gasteiger charge is -2.13. The largest absolute Gasteiger partial charge is 0.454 e. The van der Waals surface area contributed by atoms with Gasteiger partial charge in [0.25, 0.3) is 5.56 Å². The number of anilines is 1. The Balaban J connectivity index is 0.000000817. The summed E-state index contributed by atoms with van der Waals surface area (Å²) < 4.78 is 33.8. The molecule has 1 aromatic heterocycles. The molecule has 0 saturated carbocycles. The van der Waals surface area contributed by atoms with E-state index < -0.39 is 11.6 Å². The van der Waals surface area contributed by atoms with Crippen LogP contribution in [0.25, 0.3) is 11.1 Å². The van der Waals surface area contributed by atoms with Gasteiger partial charge in [-0.05, 0) is 30.5 Å². The molecule has 0 radical (unpaired) electrons. The van der Waals surface area contributed by atoms with Crippen molar-refractivity contribution in [1.29, 1.82) is 0 Å². The maximum Gasteiger partial charge on any atom is 0.273 e. The number of hydrogen-bond donors (Lipinski definition) is 2. The van der Waals surface area contributed by atoms with E-state index in [4.69, 9.17) is 10.5 Å². The normalized spacial score (nSPS) is 9.89. The summed E-state index contributed by atoms with van der Waals surface area (Å²) in [4.78, 5) is 11.7. The number of rotatable bonds is 3. The number of benzene rings is 2. The van der Waals surface area contributed by atoms with Gasteiger partial charge in [-0.3, -0.25) is 4.79 Å². The number of nitrogens with two attached hydrogens (primary N) is 2. The first kappa shape index (κ1) is 19.7. The number of nitrogen functional groups attached to an aromatic ring is 1. The SMILES string of the molecule is C=CN.Cn1cc(-c2ccccc2Oc2ccc(F)cc2F)cc(N)c1=O. The highest BCUT2D eigenvalue weighted by Crippen LogP contribution is 2.34. The number of hydrogen-bond acceptors (Lipinski definition) is 4. The second-order valence-corrected chi connectivity index (χ2v) is 5.51. The minimum atomic E-state index is -0.801. The number of ether oxygens (including phenoxy) is 1. The van der Waals surface area contributed by atoms with Crippen LogP contribution >= 0.6 is 0 Å². The first-order valence-corrected chi connectivity index (χ1v) is 7.88. The van der Waals surface area contributed by atoms with Gasteiger partial charge in [-0.25, -0.2) is 8.78 Å². The zero-order valence-corrected chi connectivity index (χ0v) is 14.7. The lowest BCUT2D eigenvalue weighted by atomic mass is 10.1. The Morgan fingerprint density at radius 3 is 2.41 bits per heavy atom. The fourth-order valence-corrected chi connectivity index (χ4v) is 2.36. The van der Waals surface area contributed by atoms with Crippen molar-refractivity contribution in [2.24, 2.45) is 12.8 Å². The third kappa shape index (κ3) is 4.72. The summed E-state index contributed by atoms with van der Waals surface area (Å²) in [5, 5.41) is 0. The molecule has 0 spiro atoms. The topological polar surface area (TPSA) is 83.3 Å². The first-order chi connectivity index (χ1) is 12.9. The van der Waals surface area contributed by atoms with Crippen molar-refractivity contribution in [2.75, 3.05) is 5.73 Å². The molecule has 140 valence electrons. The molecule has 0 amide bonds. The summed E-state index contributed by atoms with van der Waals surface area (Å²) in [6, 6.07) is 11.5. The third-order valence-corrected chi connectivity index (χ3v) is 3.52. The van der Waals surface area contributed by atoms with Gasteiger partial charge in [-0.1, -0.05) is 24.8 Å². The summed E-state index contributed by atoms with van der Waals surface area (Å²) in [6.07, 6.45) is 2.86. The van der Waals surface area contributed by atoms with Crippen molar-refractivity contribution < 1.29 is 13.5 Å². The highest BCUT2D eigenvalue weighted by atomic mass is 19.1. The van der Waals surface area contributed by atoms with Gasteiger partial charge >= 0.3 is 0 Å². The van der Waals surface area contributed by atoms with Gasteiger partial charge in [-0.2, -0.15) is 0 Å². The molecule has 0 fully saturated rings. The Morgan fingerprint density at radius 1 is 1.11 bits per heavy atom. The van der Waals surface area contributed by atoms with Gasteiger partial charge in [-0.15, -0.1) is 0 Å². The van der Waals surface area contributed by atoms with E-state index >= 15 is 0 Å². The average molecular weight is 371 g/mol. The minimum Gasteiger partial charge on any atom is -0.454 e. The number of aryl methyl sites for hydroxylation is 1. The maximum atomic E-state index is 13.8. The standard InChI is InChI=1S/C18H14F2N2O2.C2H5N/c1-22-10-11(8-15(21)18(22)23)13-4-2-3-5-16(13)24-17-7-6-12(19)9-14(17)20;1-2-3/h2-10H,21H2,1H3;2H,1,3H2. The molecule has 0 atom stereocenters. The van der Waals surface area contributed by atoms with Gasteiger partial charge in [0, 0.05) is 30.4 Å². The van der Waals surface area contributed by atoms with Gasteiger partial charge in [0.05, 0.1) is 5.69 Å². The highest BCUT2D eigenvalue weighted by Gasteiger charge is 2.12. The van der Waals surface area contributed by atoms with Crippen LogP contribution in [0.2, 0.25) is 0 Å². The number of halogens is 2. The quantitative estimate of drug-likeness (QED) is 0.734. The van der Waals surface area contributed by atoms with Crippen LogP contribution in [0.1, 0.15) is 0 Å². The van der Waals surface area contributed by atoms with Crippen molar-refractivity contribution in [3.63, 3.8) is 0 Å². The van der Waals surface area contributed by atoms with E-state index in [0.717, 1.165) is 12.1 Å². The Labute approximate surface area is 155 Å². The maximum absolute atomic E-state index is 13.8. The van der Waals surface area contributed by atoms with Gasteiger partial charge in [0.2, 0.25) is 0 Å². The van der Waals surface area contributed by atoms with Crippen LogP contribution in [0.4, 0.5) is 14.5 Å². The van der Waals surface area contributed by atoms with Crippen LogP contribution in [0, 0.1) is 11.6 Å². The van der Waals surface area contributed by atoms with Crippen molar-refractivity contribution in [1.82, 2.24) is 4.57 Å². The Kier molecular flexibility index (Phi) is 6.32. The number of pyridine rings is 1. The average Bonchev–Trinajstić information content (AvgIpc) is 2.63. The molecule has 0 unspecified atom stereocenters. The van der Waals surface area contributed by atoms with E-state index in [9.17, 15) is 13.6 Å². The summed E-state index contributed by atoms with van der Waals surface area (Å²) >= 11 is 0. The van der Waals surface area contributed by atoms with E-state index in [-0.39, 0.29) is 17.0 Å². The van der Waals surface area contributed by atoms with Crippen molar-refractivity contribution in [2.45, 2.75) is 0 Å².